The number of nitrogens with one attached hydrogen (secondary N) is 1. The summed E-state index contributed by atoms with van der Waals surface area (Å²) in [5, 5.41) is 0. The Labute approximate surface area is 118 Å². The molecule has 1 aromatic carbocycles. The van der Waals surface area contributed by atoms with Crippen molar-refractivity contribution in [3.63, 3.8) is 0 Å². The van der Waals surface area contributed by atoms with Gasteiger partial charge in [-0.2, -0.15) is 0 Å². The van der Waals surface area contributed by atoms with Crippen molar-refractivity contribution < 1.29 is 14.2 Å². The lowest BCUT2D eigenvalue weighted by atomic mass is 10.2. The molecule has 1 aromatic heterocycles. The minimum absolute atomic E-state index is 0.242. The molecule has 1 aliphatic rings. The second-order valence-corrected chi connectivity index (χ2v) is 5.14. The first-order valence-electron chi connectivity index (χ1n) is 7.07. The molecule has 0 aliphatic carbocycles. The van der Waals surface area contributed by atoms with Gasteiger partial charge in [0.1, 0.15) is 5.82 Å². The van der Waals surface area contributed by atoms with E-state index < -0.39 is 0 Å². The molecular formula is C15H20N2O3. The highest BCUT2D eigenvalue weighted by molar-refractivity contribution is 5.79. The van der Waals surface area contributed by atoms with Gasteiger partial charge >= 0.3 is 0 Å². The Morgan fingerprint density at radius 3 is 2.80 bits per heavy atom. The van der Waals surface area contributed by atoms with E-state index in [9.17, 15) is 0 Å². The van der Waals surface area contributed by atoms with Crippen LogP contribution >= 0.6 is 0 Å². The van der Waals surface area contributed by atoms with Crippen LogP contribution in [0.25, 0.3) is 11.0 Å². The quantitative estimate of drug-likeness (QED) is 0.932. The van der Waals surface area contributed by atoms with Crippen LogP contribution in [-0.2, 0) is 11.2 Å². The van der Waals surface area contributed by atoms with Crippen molar-refractivity contribution in [3.8, 4) is 11.5 Å². The lowest BCUT2D eigenvalue weighted by molar-refractivity contribution is 0.111. The van der Waals surface area contributed by atoms with Gasteiger partial charge in [-0.1, -0.05) is 0 Å². The number of benzene rings is 1. The number of aryl methyl sites for hydroxylation is 1. The molecule has 5 heteroatoms. The van der Waals surface area contributed by atoms with Crippen molar-refractivity contribution in [3.05, 3.63) is 18.0 Å². The number of aromatic amines is 1. The van der Waals surface area contributed by atoms with Crippen LogP contribution in [0.1, 0.15) is 25.6 Å². The van der Waals surface area contributed by atoms with Crippen LogP contribution < -0.4 is 9.47 Å². The number of hydrogen-bond acceptors (Lipinski definition) is 4. The van der Waals surface area contributed by atoms with Gasteiger partial charge in [-0.3, -0.25) is 0 Å². The molecule has 20 heavy (non-hydrogen) atoms. The van der Waals surface area contributed by atoms with Gasteiger partial charge < -0.3 is 19.2 Å². The molecule has 0 saturated heterocycles. The van der Waals surface area contributed by atoms with Crippen LogP contribution in [0.15, 0.2) is 12.1 Å². The van der Waals surface area contributed by atoms with Crippen LogP contribution in [0.3, 0.4) is 0 Å². The number of nitrogens with zero attached hydrogens (tertiary/aromatic N) is 1. The van der Waals surface area contributed by atoms with Gasteiger partial charge in [0.15, 0.2) is 11.5 Å². The van der Waals surface area contributed by atoms with Gasteiger partial charge in [0.2, 0.25) is 0 Å². The molecule has 2 heterocycles. The van der Waals surface area contributed by atoms with E-state index in [1.807, 2.05) is 12.1 Å². The third-order valence-corrected chi connectivity index (χ3v) is 3.59. The molecule has 2 aromatic rings. The Kier molecular flexibility index (Phi) is 3.78. The molecular weight excluding hydrogens is 256 g/mol. The smallest absolute Gasteiger partial charge is 0.163 e. The number of methoxy groups -OCH3 is 1. The molecule has 0 radical (unpaired) electrons. The molecule has 0 bridgehead atoms. The number of hydrogen-bond donors (Lipinski definition) is 1. The number of aromatic nitrogens is 2. The highest BCUT2D eigenvalue weighted by atomic mass is 16.5. The third-order valence-electron chi connectivity index (χ3n) is 3.59. The first-order chi connectivity index (χ1) is 9.76. The van der Waals surface area contributed by atoms with Crippen molar-refractivity contribution >= 4 is 11.0 Å². The summed E-state index contributed by atoms with van der Waals surface area (Å²) >= 11 is 0. The standard InChI is InChI=1S/C15H20N2O3/c1-10(18-2)4-5-15-16-11-8-13-14(9-12(11)17-15)20-7-3-6-19-13/h8-10H,3-7H2,1-2H3,(H,16,17). The Morgan fingerprint density at radius 2 is 2.05 bits per heavy atom. The fourth-order valence-corrected chi connectivity index (χ4v) is 2.30. The highest BCUT2D eigenvalue weighted by Crippen LogP contribution is 2.33. The van der Waals surface area contributed by atoms with Gasteiger partial charge in [-0.05, 0) is 13.3 Å². The summed E-state index contributed by atoms with van der Waals surface area (Å²) in [6.45, 7) is 3.46. The van der Waals surface area contributed by atoms with Gasteiger partial charge in [-0.15, -0.1) is 0 Å². The third kappa shape index (κ3) is 2.72. The predicted molar refractivity (Wildman–Crippen MR) is 76.5 cm³/mol. The zero-order valence-corrected chi connectivity index (χ0v) is 11.9. The van der Waals surface area contributed by atoms with Crippen LogP contribution in [-0.4, -0.2) is 36.4 Å². The molecule has 108 valence electrons. The van der Waals surface area contributed by atoms with Crippen molar-refractivity contribution in [2.45, 2.75) is 32.3 Å². The SMILES string of the molecule is COC(C)CCc1nc2cc3c(cc2[nH]1)OCCCO3. The first-order valence-corrected chi connectivity index (χ1v) is 7.07. The van der Waals surface area contributed by atoms with Crippen molar-refractivity contribution in [2.75, 3.05) is 20.3 Å². The van der Waals surface area contributed by atoms with E-state index in [0.717, 1.165) is 47.6 Å². The summed E-state index contributed by atoms with van der Waals surface area (Å²) in [6.07, 6.45) is 2.97. The molecule has 3 rings (SSSR count). The number of ether oxygens (including phenoxy) is 3. The van der Waals surface area contributed by atoms with E-state index in [2.05, 4.69) is 16.9 Å². The Morgan fingerprint density at radius 1 is 1.30 bits per heavy atom. The molecule has 1 N–H and O–H groups in total. The Hall–Kier alpha value is -1.75. The molecule has 5 nitrogen and oxygen atoms in total. The molecule has 0 fully saturated rings. The molecule has 1 aliphatic heterocycles. The number of fused-ring (bicyclic) bond motifs is 2. The van der Waals surface area contributed by atoms with Crippen molar-refractivity contribution in [1.82, 2.24) is 9.97 Å². The maximum Gasteiger partial charge on any atom is 0.163 e. The largest absolute Gasteiger partial charge is 0.489 e. The van der Waals surface area contributed by atoms with E-state index in [4.69, 9.17) is 14.2 Å². The summed E-state index contributed by atoms with van der Waals surface area (Å²) in [5.74, 6) is 2.57. The van der Waals surface area contributed by atoms with Crippen molar-refractivity contribution in [1.29, 1.82) is 0 Å². The average molecular weight is 276 g/mol. The fourth-order valence-electron chi connectivity index (χ4n) is 2.30. The van der Waals surface area contributed by atoms with Gasteiger partial charge in [-0.25, -0.2) is 4.98 Å². The minimum Gasteiger partial charge on any atom is -0.489 e. The van der Waals surface area contributed by atoms with Gasteiger partial charge in [0.05, 0.1) is 30.4 Å². The monoisotopic (exact) mass is 276 g/mol. The number of rotatable bonds is 4. The summed E-state index contributed by atoms with van der Waals surface area (Å²) < 4.78 is 16.6. The van der Waals surface area contributed by atoms with Crippen LogP contribution in [0.4, 0.5) is 0 Å². The summed E-state index contributed by atoms with van der Waals surface area (Å²) in [7, 11) is 1.73. The van der Waals surface area contributed by atoms with Gasteiger partial charge in [0, 0.05) is 32.1 Å². The molecule has 0 spiro atoms. The summed E-state index contributed by atoms with van der Waals surface area (Å²) in [4.78, 5) is 7.95. The van der Waals surface area contributed by atoms with Crippen molar-refractivity contribution in [2.24, 2.45) is 0 Å². The first kappa shape index (κ1) is 13.2. The van der Waals surface area contributed by atoms with Crippen LogP contribution in [0.2, 0.25) is 0 Å². The topological polar surface area (TPSA) is 56.4 Å². The number of H-pyrrole nitrogens is 1. The predicted octanol–water partition coefficient (Wildman–Crippen LogP) is 2.69. The Balaban J connectivity index is 1.84. The second kappa shape index (κ2) is 5.71. The average Bonchev–Trinajstić information content (AvgIpc) is 2.71. The van der Waals surface area contributed by atoms with Crippen LogP contribution in [0.5, 0.6) is 11.5 Å². The number of imidazole rings is 1. The maximum atomic E-state index is 5.69. The Bertz CT molecular complexity index is 551. The highest BCUT2D eigenvalue weighted by Gasteiger charge is 2.14. The normalized spacial score (nSPS) is 16.1. The van der Waals surface area contributed by atoms with E-state index >= 15 is 0 Å². The van der Waals surface area contributed by atoms with Crippen LogP contribution in [0, 0.1) is 0 Å². The lowest BCUT2D eigenvalue weighted by Gasteiger charge is -2.06. The second-order valence-electron chi connectivity index (χ2n) is 5.14. The zero-order valence-electron chi connectivity index (χ0n) is 11.9. The summed E-state index contributed by atoms with van der Waals surface area (Å²) in [5.41, 5.74) is 1.92. The van der Waals surface area contributed by atoms with E-state index in [-0.39, 0.29) is 6.10 Å². The van der Waals surface area contributed by atoms with E-state index in [1.165, 1.54) is 0 Å². The van der Waals surface area contributed by atoms with E-state index in [0.29, 0.717) is 13.2 Å². The molecule has 1 atom stereocenters. The minimum atomic E-state index is 0.242. The van der Waals surface area contributed by atoms with Gasteiger partial charge in [0.25, 0.3) is 0 Å². The molecule has 0 amide bonds. The molecule has 0 saturated carbocycles. The zero-order chi connectivity index (χ0) is 13.9. The maximum absolute atomic E-state index is 5.69. The van der Waals surface area contributed by atoms with E-state index in [1.54, 1.807) is 7.11 Å². The lowest BCUT2D eigenvalue weighted by Crippen LogP contribution is -2.06. The fraction of sp³-hybridized carbons (Fsp3) is 0.533. The molecule has 1 unspecified atom stereocenters. The summed E-state index contributed by atoms with van der Waals surface area (Å²) in [6, 6.07) is 3.93.